The van der Waals surface area contributed by atoms with Crippen LogP contribution >= 0.6 is 11.6 Å². The predicted octanol–water partition coefficient (Wildman–Crippen LogP) is 4.94. The van der Waals surface area contributed by atoms with Gasteiger partial charge in [0, 0.05) is 54.8 Å². The van der Waals surface area contributed by atoms with Crippen LogP contribution in [0.4, 0.5) is 0 Å². The molecule has 5 nitrogen and oxygen atoms in total. The molecular formula is C24H27ClN4O. The highest BCUT2D eigenvalue weighted by atomic mass is 35.5. The van der Waals surface area contributed by atoms with Crippen LogP contribution in [0.3, 0.4) is 0 Å². The molecule has 1 aromatic carbocycles. The highest BCUT2D eigenvalue weighted by Gasteiger charge is 2.25. The van der Waals surface area contributed by atoms with Crippen LogP contribution in [-0.2, 0) is 6.54 Å². The molecule has 1 saturated carbocycles. The maximum atomic E-state index is 12.4. The van der Waals surface area contributed by atoms with Crippen molar-refractivity contribution in [2.24, 2.45) is 16.6 Å². The van der Waals surface area contributed by atoms with Crippen LogP contribution in [0.1, 0.15) is 53.6 Å². The van der Waals surface area contributed by atoms with Crippen molar-refractivity contribution in [2.45, 2.75) is 38.6 Å². The molecular weight excluding hydrogens is 396 g/mol. The van der Waals surface area contributed by atoms with Gasteiger partial charge in [0.2, 0.25) is 0 Å². The Kier molecular flexibility index (Phi) is 6.18. The number of aliphatic imine (C=N–C) groups is 1. The van der Waals surface area contributed by atoms with E-state index >= 15 is 0 Å². The highest BCUT2D eigenvalue weighted by Crippen LogP contribution is 2.32. The summed E-state index contributed by atoms with van der Waals surface area (Å²) in [6.07, 6.45) is 9.86. The smallest absolute Gasteiger partial charge is 0.254 e. The lowest BCUT2D eigenvalue weighted by Gasteiger charge is -2.19. The lowest BCUT2D eigenvalue weighted by atomic mass is 9.89. The number of amides is 1. The first kappa shape index (κ1) is 20.6. The lowest BCUT2D eigenvalue weighted by Crippen LogP contribution is -2.17. The molecule has 6 heteroatoms. The minimum Gasteiger partial charge on any atom is -0.404 e. The van der Waals surface area contributed by atoms with Gasteiger partial charge in [-0.2, -0.15) is 0 Å². The Labute approximate surface area is 182 Å². The van der Waals surface area contributed by atoms with E-state index in [1.807, 2.05) is 37.5 Å². The molecule has 1 aromatic heterocycles. The number of nitrogens with zero attached hydrogens (tertiary/aromatic N) is 3. The Morgan fingerprint density at radius 2 is 2.07 bits per heavy atom. The summed E-state index contributed by atoms with van der Waals surface area (Å²) in [4.78, 5) is 23.4. The van der Waals surface area contributed by atoms with Gasteiger partial charge in [-0.3, -0.25) is 9.79 Å². The molecule has 1 aliphatic carbocycles. The fourth-order valence-electron chi connectivity index (χ4n) is 4.35. The fraction of sp³-hybridized carbons (Fsp3) is 0.375. The number of carbonyl (C=O) groups is 1. The summed E-state index contributed by atoms with van der Waals surface area (Å²) in [5, 5.41) is 0.396. The molecule has 2 N–H and O–H groups in total. The van der Waals surface area contributed by atoms with Crippen molar-refractivity contribution >= 4 is 29.3 Å². The Balaban J connectivity index is 1.64. The van der Waals surface area contributed by atoms with Crippen LogP contribution in [0.25, 0.3) is 16.8 Å². The largest absolute Gasteiger partial charge is 0.404 e. The average Bonchev–Trinajstić information content (AvgIpc) is 3.05. The summed E-state index contributed by atoms with van der Waals surface area (Å²) in [6, 6.07) is 9.54. The third-order valence-corrected chi connectivity index (χ3v) is 6.25. The second kappa shape index (κ2) is 9.00. The maximum absolute atomic E-state index is 12.4. The molecule has 2 heterocycles. The van der Waals surface area contributed by atoms with Gasteiger partial charge in [0.1, 0.15) is 5.15 Å². The standard InChI is InChI=1S/C24H27ClN4O/c1-29-15-18-8-7-17(11-21(18)24(29)30)23-20(9-10-22(25)28-23)19(12-26)14-27-13-16-5-3-2-4-6-16/h7-12,14,16H,2-6,13,15,26H2,1H3. The number of rotatable bonds is 5. The van der Waals surface area contributed by atoms with Gasteiger partial charge in [0.15, 0.2) is 0 Å². The molecule has 1 amide bonds. The number of fused-ring (bicyclic) bond motifs is 1. The number of aromatic nitrogens is 1. The monoisotopic (exact) mass is 422 g/mol. The summed E-state index contributed by atoms with van der Waals surface area (Å²) in [5.41, 5.74) is 10.9. The van der Waals surface area contributed by atoms with Crippen LogP contribution in [0.15, 0.2) is 41.5 Å². The number of benzene rings is 1. The van der Waals surface area contributed by atoms with E-state index in [9.17, 15) is 4.79 Å². The summed E-state index contributed by atoms with van der Waals surface area (Å²) in [7, 11) is 1.81. The third-order valence-electron chi connectivity index (χ3n) is 6.04. The first-order valence-electron chi connectivity index (χ1n) is 10.5. The Bertz CT molecular complexity index is 1010. The summed E-state index contributed by atoms with van der Waals surface area (Å²) in [6.45, 7) is 1.46. The molecule has 0 atom stereocenters. The van der Waals surface area contributed by atoms with Crippen LogP contribution in [-0.4, -0.2) is 35.6 Å². The Morgan fingerprint density at radius 3 is 2.83 bits per heavy atom. The minimum atomic E-state index is 0.0269. The Hall–Kier alpha value is -2.66. The van der Waals surface area contributed by atoms with E-state index in [1.165, 1.54) is 32.1 Å². The van der Waals surface area contributed by atoms with E-state index in [1.54, 1.807) is 17.2 Å². The van der Waals surface area contributed by atoms with Gasteiger partial charge in [-0.25, -0.2) is 4.98 Å². The molecule has 156 valence electrons. The molecule has 1 aliphatic heterocycles. The molecule has 0 bridgehead atoms. The molecule has 1 fully saturated rings. The maximum Gasteiger partial charge on any atom is 0.254 e. The molecule has 0 radical (unpaired) electrons. The summed E-state index contributed by atoms with van der Waals surface area (Å²) in [5.74, 6) is 0.690. The van der Waals surface area contributed by atoms with Gasteiger partial charge >= 0.3 is 0 Å². The van der Waals surface area contributed by atoms with Crippen molar-refractivity contribution in [2.75, 3.05) is 13.6 Å². The van der Waals surface area contributed by atoms with E-state index in [2.05, 4.69) is 9.98 Å². The van der Waals surface area contributed by atoms with Crippen molar-refractivity contribution in [3.05, 3.63) is 58.4 Å². The quantitative estimate of drug-likeness (QED) is 0.548. The van der Waals surface area contributed by atoms with Gasteiger partial charge in [-0.1, -0.05) is 43.0 Å². The van der Waals surface area contributed by atoms with Crippen LogP contribution in [0, 0.1) is 5.92 Å². The molecule has 2 aliphatic rings. The molecule has 30 heavy (non-hydrogen) atoms. The highest BCUT2D eigenvalue weighted by molar-refractivity contribution is 6.29. The predicted molar refractivity (Wildman–Crippen MR) is 123 cm³/mol. The topological polar surface area (TPSA) is 71.6 Å². The average molecular weight is 423 g/mol. The van der Waals surface area contributed by atoms with E-state index in [0.717, 1.165) is 28.8 Å². The van der Waals surface area contributed by atoms with Gasteiger partial charge < -0.3 is 10.6 Å². The molecule has 2 aromatic rings. The van der Waals surface area contributed by atoms with Crippen LogP contribution < -0.4 is 5.73 Å². The van der Waals surface area contributed by atoms with Crippen molar-refractivity contribution in [1.82, 2.24) is 9.88 Å². The molecule has 0 unspecified atom stereocenters. The third kappa shape index (κ3) is 4.26. The SMILES string of the molecule is CN1Cc2ccc(-c3nc(Cl)ccc3C(C=NCC3CCCCC3)=CN)cc2C1=O. The van der Waals surface area contributed by atoms with E-state index < -0.39 is 0 Å². The van der Waals surface area contributed by atoms with Gasteiger partial charge in [0.25, 0.3) is 5.91 Å². The number of hydrogen-bond donors (Lipinski definition) is 1. The number of allylic oxidation sites excluding steroid dienone is 1. The fourth-order valence-corrected chi connectivity index (χ4v) is 4.50. The molecule has 0 spiro atoms. The molecule has 4 rings (SSSR count). The number of nitrogens with two attached hydrogens (primary N) is 1. The van der Waals surface area contributed by atoms with E-state index in [-0.39, 0.29) is 5.91 Å². The normalized spacial score (nSPS) is 17.7. The van der Waals surface area contributed by atoms with Crippen LogP contribution in [0.2, 0.25) is 5.15 Å². The van der Waals surface area contributed by atoms with Crippen molar-refractivity contribution < 1.29 is 4.79 Å². The zero-order chi connectivity index (χ0) is 21.1. The van der Waals surface area contributed by atoms with Gasteiger partial charge in [0.05, 0.1) is 5.69 Å². The van der Waals surface area contributed by atoms with E-state index in [0.29, 0.717) is 28.9 Å². The van der Waals surface area contributed by atoms with E-state index in [4.69, 9.17) is 17.3 Å². The Morgan fingerprint density at radius 1 is 1.27 bits per heavy atom. The number of hydrogen-bond acceptors (Lipinski definition) is 4. The van der Waals surface area contributed by atoms with Crippen LogP contribution in [0.5, 0.6) is 0 Å². The van der Waals surface area contributed by atoms with Crippen molar-refractivity contribution in [3.63, 3.8) is 0 Å². The molecule has 0 saturated heterocycles. The first-order valence-corrected chi connectivity index (χ1v) is 10.9. The number of halogens is 1. The lowest BCUT2D eigenvalue weighted by molar-refractivity contribution is 0.0816. The van der Waals surface area contributed by atoms with Crippen molar-refractivity contribution in [3.8, 4) is 11.3 Å². The van der Waals surface area contributed by atoms with Crippen molar-refractivity contribution in [1.29, 1.82) is 0 Å². The first-order chi connectivity index (χ1) is 14.6. The zero-order valence-corrected chi connectivity index (χ0v) is 18.0. The summed E-state index contributed by atoms with van der Waals surface area (Å²) >= 11 is 6.22. The summed E-state index contributed by atoms with van der Waals surface area (Å²) < 4.78 is 0. The van der Waals surface area contributed by atoms with Gasteiger partial charge in [-0.15, -0.1) is 0 Å². The minimum absolute atomic E-state index is 0.0269. The van der Waals surface area contributed by atoms with Gasteiger partial charge in [-0.05, 0) is 42.5 Å². The number of pyridine rings is 1. The number of carbonyl (C=O) groups excluding carboxylic acids is 1. The second-order valence-electron chi connectivity index (χ2n) is 8.18. The zero-order valence-electron chi connectivity index (χ0n) is 17.3. The second-order valence-corrected chi connectivity index (χ2v) is 8.57.